The molecule has 2 heterocycles. The number of hydrogen-bond donors (Lipinski definition) is 0. The van der Waals surface area contributed by atoms with Gasteiger partial charge in [-0.25, -0.2) is 0 Å². The molecular formula is C29H31ClN4O2. The van der Waals surface area contributed by atoms with Crippen molar-refractivity contribution in [3.05, 3.63) is 94.8 Å². The van der Waals surface area contributed by atoms with Crippen LogP contribution in [0.1, 0.15) is 40.9 Å². The van der Waals surface area contributed by atoms with Crippen LogP contribution < -0.4 is 4.90 Å². The monoisotopic (exact) mass is 502 g/mol. The molecule has 5 rings (SSSR count). The van der Waals surface area contributed by atoms with Gasteiger partial charge in [-0.05, 0) is 54.7 Å². The number of pyridine rings is 1. The summed E-state index contributed by atoms with van der Waals surface area (Å²) in [6.07, 6.45) is 4.36. The number of fused-ring (bicyclic) bond motifs is 1. The Kier molecular flexibility index (Phi) is 7.63. The molecule has 0 N–H and O–H groups in total. The zero-order valence-electron chi connectivity index (χ0n) is 20.4. The third-order valence-electron chi connectivity index (χ3n) is 6.85. The smallest absolute Gasteiger partial charge is 0.272 e. The third-order valence-corrected chi connectivity index (χ3v) is 7.09. The van der Waals surface area contributed by atoms with Crippen LogP contribution in [-0.2, 0) is 17.9 Å². The van der Waals surface area contributed by atoms with Gasteiger partial charge in [-0.3, -0.25) is 19.5 Å². The van der Waals surface area contributed by atoms with Gasteiger partial charge in [-0.2, -0.15) is 0 Å². The van der Waals surface area contributed by atoms with E-state index in [4.69, 9.17) is 11.6 Å². The Morgan fingerprint density at radius 1 is 0.917 bits per heavy atom. The third kappa shape index (κ3) is 5.94. The summed E-state index contributed by atoms with van der Waals surface area (Å²) in [5.74, 6) is 0.138. The van der Waals surface area contributed by atoms with Crippen molar-refractivity contribution in [1.82, 2.24) is 14.8 Å². The fraction of sp³-hybridized carbons (Fsp3) is 0.345. The first-order valence-corrected chi connectivity index (χ1v) is 13.0. The first-order chi connectivity index (χ1) is 17.6. The molecule has 1 fully saturated rings. The summed E-state index contributed by atoms with van der Waals surface area (Å²) in [4.78, 5) is 37.4. The van der Waals surface area contributed by atoms with Gasteiger partial charge in [0.15, 0.2) is 0 Å². The van der Waals surface area contributed by atoms with Crippen molar-refractivity contribution >= 4 is 29.1 Å². The van der Waals surface area contributed by atoms with Crippen LogP contribution in [0.4, 0.5) is 5.69 Å². The van der Waals surface area contributed by atoms with E-state index in [0.717, 1.165) is 50.1 Å². The summed E-state index contributed by atoms with van der Waals surface area (Å²) in [6, 6.07) is 21.4. The lowest BCUT2D eigenvalue weighted by Crippen LogP contribution is -2.38. The maximum Gasteiger partial charge on any atom is 0.272 e. The van der Waals surface area contributed by atoms with E-state index in [0.29, 0.717) is 30.4 Å². The van der Waals surface area contributed by atoms with E-state index >= 15 is 0 Å². The van der Waals surface area contributed by atoms with Gasteiger partial charge in [0, 0.05) is 56.4 Å². The van der Waals surface area contributed by atoms with Crippen molar-refractivity contribution < 1.29 is 9.59 Å². The topological polar surface area (TPSA) is 56.8 Å². The number of hydrogen-bond acceptors (Lipinski definition) is 4. The molecule has 0 spiro atoms. The number of carbonyl (C=O) groups is 2. The summed E-state index contributed by atoms with van der Waals surface area (Å²) >= 11 is 6.41. The summed E-state index contributed by atoms with van der Waals surface area (Å²) in [5.41, 5.74) is 3.39. The average Bonchev–Trinajstić information content (AvgIpc) is 3.75. The van der Waals surface area contributed by atoms with Crippen molar-refractivity contribution in [2.75, 3.05) is 31.1 Å². The summed E-state index contributed by atoms with van der Waals surface area (Å²) in [5, 5.41) is 0.588. The molecule has 0 atom stereocenters. The Hall–Kier alpha value is -3.22. The minimum atomic E-state index is -0.115. The van der Waals surface area contributed by atoms with Crippen LogP contribution in [0.15, 0.2) is 72.9 Å². The van der Waals surface area contributed by atoms with E-state index in [1.54, 1.807) is 12.3 Å². The fourth-order valence-corrected chi connectivity index (χ4v) is 4.92. The molecule has 0 unspecified atom stereocenters. The molecular weight excluding hydrogens is 472 g/mol. The lowest BCUT2D eigenvalue weighted by atomic mass is 10.1. The van der Waals surface area contributed by atoms with Crippen LogP contribution in [0, 0.1) is 5.92 Å². The van der Waals surface area contributed by atoms with Gasteiger partial charge in [0.05, 0.1) is 5.69 Å². The van der Waals surface area contributed by atoms with Crippen molar-refractivity contribution in [3.8, 4) is 0 Å². The number of benzene rings is 2. The molecule has 1 aromatic heterocycles. The molecule has 2 aliphatic rings. The minimum absolute atomic E-state index is 0.0913. The number of rotatable bonds is 4. The first kappa shape index (κ1) is 24.5. The van der Waals surface area contributed by atoms with E-state index in [-0.39, 0.29) is 17.7 Å². The zero-order valence-corrected chi connectivity index (χ0v) is 21.1. The van der Waals surface area contributed by atoms with E-state index in [9.17, 15) is 9.59 Å². The van der Waals surface area contributed by atoms with Crippen LogP contribution in [0.25, 0.3) is 0 Å². The number of carbonyl (C=O) groups excluding carboxylic acids is 2. The van der Waals surface area contributed by atoms with E-state index in [2.05, 4.69) is 34.1 Å². The molecule has 1 aliphatic heterocycles. The molecule has 2 amide bonds. The highest BCUT2D eigenvalue weighted by molar-refractivity contribution is 6.31. The predicted octanol–water partition coefficient (Wildman–Crippen LogP) is 5.03. The van der Waals surface area contributed by atoms with Crippen LogP contribution in [0.3, 0.4) is 0 Å². The number of amides is 2. The van der Waals surface area contributed by atoms with E-state index in [1.807, 2.05) is 46.2 Å². The second kappa shape index (κ2) is 11.2. The summed E-state index contributed by atoms with van der Waals surface area (Å²) in [6.45, 7) is 3.91. The molecule has 7 heteroatoms. The van der Waals surface area contributed by atoms with Crippen LogP contribution >= 0.6 is 11.6 Å². The summed E-state index contributed by atoms with van der Waals surface area (Å²) < 4.78 is 0. The second-order valence-electron chi connectivity index (χ2n) is 9.59. The van der Waals surface area contributed by atoms with Gasteiger partial charge < -0.3 is 9.80 Å². The highest BCUT2D eigenvalue weighted by Gasteiger charge is 2.35. The van der Waals surface area contributed by atoms with Crippen molar-refractivity contribution in [2.24, 2.45) is 5.92 Å². The fourth-order valence-electron chi connectivity index (χ4n) is 4.76. The number of anilines is 1. The maximum absolute atomic E-state index is 13.6. The standard InChI is InChI=1S/C29H31ClN4O2/c30-25-13-12-24-21-33(29(36)26-9-4-5-14-31-26)18-17-32(20-22-7-2-1-3-8-22)15-6-16-34(27(24)19-25)28(35)23-10-11-23/h1-5,7-9,12-14,19,23H,6,10-11,15-18,20-21H2. The predicted molar refractivity (Wildman–Crippen MR) is 142 cm³/mol. The lowest BCUT2D eigenvalue weighted by Gasteiger charge is -2.28. The first-order valence-electron chi connectivity index (χ1n) is 12.6. The van der Waals surface area contributed by atoms with Gasteiger partial charge >= 0.3 is 0 Å². The Balaban J connectivity index is 1.48. The van der Waals surface area contributed by atoms with Crippen molar-refractivity contribution in [1.29, 1.82) is 0 Å². The Bertz CT molecular complexity index is 1200. The van der Waals surface area contributed by atoms with Crippen LogP contribution in [-0.4, -0.2) is 52.8 Å². The van der Waals surface area contributed by atoms with Crippen molar-refractivity contribution in [3.63, 3.8) is 0 Å². The zero-order chi connectivity index (χ0) is 24.9. The molecule has 186 valence electrons. The highest BCUT2D eigenvalue weighted by Crippen LogP contribution is 2.35. The maximum atomic E-state index is 13.6. The van der Waals surface area contributed by atoms with Crippen molar-refractivity contribution in [2.45, 2.75) is 32.4 Å². The molecule has 0 radical (unpaired) electrons. The number of aromatic nitrogens is 1. The van der Waals surface area contributed by atoms with Gasteiger partial charge in [-0.15, -0.1) is 0 Å². The second-order valence-corrected chi connectivity index (χ2v) is 10.0. The molecule has 0 saturated heterocycles. The molecule has 1 saturated carbocycles. The van der Waals surface area contributed by atoms with Gasteiger partial charge in [0.25, 0.3) is 5.91 Å². The molecule has 3 aromatic rings. The van der Waals surface area contributed by atoms with Gasteiger partial charge in [-0.1, -0.05) is 54.1 Å². The van der Waals surface area contributed by atoms with Gasteiger partial charge in [0.2, 0.25) is 5.91 Å². The summed E-state index contributed by atoms with van der Waals surface area (Å²) in [7, 11) is 0. The molecule has 0 bridgehead atoms. The lowest BCUT2D eigenvalue weighted by molar-refractivity contribution is -0.119. The largest absolute Gasteiger partial charge is 0.332 e. The van der Waals surface area contributed by atoms with E-state index in [1.165, 1.54) is 5.56 Å². The van der Waals surface area contributed by atoms with E-state index < -0.39 is 0 Å². The van der Waals surface area contributed by atoms with Crippen LogP contribution in [0.5, 0.6) is 0 Å². The van der Waals surface area contributed by atoms with Crippen LogP contribution in [0.2, 0.25) is 5.02 Å². The average molecular weight is 503 g/mol. The quantitative estimate of drug-likeness (QED) is 0.502. The normalized spacial score (nSPS) is 17.2. The van der Waals surface area contributed by atoms with Gasteiger partial charge in [0.1, 0.15) is 5.69 Å². The molecule has 1 aliphatic carbocycles. The number of halogens is 1. The number of nitrogens with zero attached hydrogens (tertiary/aromatic N) is 4. The molecule has 36 heavy (non-hydrogen) atoms. The Labute approximate surface area is 217 Å². The highest BCUT2D eigenvalue weighted by atomic mass is 35.5. The molecule has 2 aromatic carbocycles. The SMILES string of the molecule is O=C(c1ccccn1)N1CCN(Cc2ccccc2)CCCN(C(=O)C2CC2)c2cc(Cl)ccc2C1. The Morgan fingerprint density at radius 3 is 2.47 bits per heavy atom. The Morgan fingerprint density at radius 2 is 1.72 bits per heavy atom. The minimum Gasteiger partial charge on any atom is -0.332 e. The molecule has 6 nitrogen and oxygen atoms in total.